The van der Waals surface area contributed by atoms with Crippen molar-refractivity contribution in [3.8, 4) is 0 Å². The van der Waals surface area contributed by atoms with Crippen molar-refractivity contribution in [3.05, 3.63) is 69.7 Å². The molecule has 0 radical (unpaired) electrons. The van der Waals surface area contributed by atoms with Gasteiger partial charge in [0.1, 0.15) is 37.1 Å². The molecular weight excluding hydrogens is 446 g/mol. The van der Waals surface area contributed by atoms with Gasteiger partial charge in [0, 0.05) is 5.02 Å². The fourth-order valence-corrected chi connectivity index (χ4v) is 4.13. The first kappa shape index (κ1) is 25.6. The summed E-state index contributed by atoms with van der Waals surface area (Å²) in [6.45, 7) is 4.05. The maximum absolute atomic E-state index is 10.4. The van der Waals surface area contributed by atoms with Crippen molar-refractivity contribution in [3.63, 3.8) is 0 Å². The molecule has 0 spiro atoms. The minimum absolute atomic E-state index is 0.471. The highest BCUT2D eigenvalue weighted by Gasteiger charge is 2.44. The summed E-state index contributed by atoms with van der Waals surface area (Å²) in [5, 5.41) is 44.8. The number of oxime groups is 1. The van der Waals surface area contributed by atoms with E-state index >= 15 is 0 Å². The third-order valence-electron chi connectivity index (χ3n) is 5.76. The zero-order valence-corrected chi connectivity index (χ0v) is 19.7. The third kappa shape index (κ3) is 6.12. The molecule has 0 aromatic heterocycles. The Morgan fingerprint density at radius 3 is 2.39 bits per heavy atom. The Morgan fingerprint density at radius 2 is 1.76 bits per heavy atom. The molecule has 0 unspecified atom stereocenters. The van der Waals surface area contributed by atoms with Crippen LogP contribution >= 0.6 is 11.6 Å². The van der Waals surface area contributed by atoms with E-state index in [2.05, 4.69) is 12.1 Å². The number of hydrogen-bond acceptors (Lipinski definition) is 7. The van der Waals surface area contributed by atoms with Gasteiger partial charge in [-0.25, -0.2) is 0 Å². The van der Waals surface area contributed by atoms with Crippen LogP contribution in [-0.4, -0.2) is 63.8 Å². The third-order valence-corrected chi connectivity index (χ3v) is 6.13. The van der Waals surface area contributed by atoms with Gasteiger partial charge in [0.25, 0.3) is 0 Å². The van der Waals surface area contributed by atoms with Crippen molar-refractivity contribution in [2.45, 2.75) is 63.6 Å². The largest absolute Gasteiger partial charge is 0.396 e. The van der Waals surface area contributed by atoms with Crippen LogP contribution in [0.3, 0.4) is 0 Å². The Bertz CT molecular complexity index is 933. The molecule has 1 aliphatic rings. The summed E-state index contributed by atoms with van der Waals surface area (Å²) in [5.41, 5.74) is 4.40. The van der Waals surface area contributed by atoms with Gasteiger partial charge in [0.05, 0.1) is 12.3 Å². The fraction of sp³-hybridized carbons (Fsp3) is 0.480. The van der Waals surface area contributed by atoms with Gasteiger partial charge >= 0.3 is 0 Å². The summed E-state index contributed by atoms with van der Waals surface area (Å²) in [6, 6.07) is 13.3. The maximum atomic E-state index is 10.4. The molecule has 0 bridgehead atoms. The van der Waals surface area contributed by atoms with Crippen LogP contribution in [0.2, 0.25) is 5.02 Å². The molecule has 2 aromatic carbocycles. The van der Waals surface area contributed by atoms with Crippen LogP contribution in [0.4, 0.5) is 0 Å². The lowest BCUT2D eigenvalue weighted by Gasteiger charge is -2.40. The van der Waals surface area contributed by atoms with Crippen molar-refractivity contribution < 1.29 is 30.0 Å². The standard InChI is InChI=1S/C25H32ClNO6/c1-3-5-20(27-32-4-2)16-8-6-15(7-9-16)12-18-13-17(10-11-19(18)26)25-24(31)23(30)22(29)21(14-28)33-25/h6-11,13,21-25,28-31H,3-5,12,14H2,1-2H3/b27-20+/t21-,22-,23+,24-,25+/m1/s1. The number of hydrogen-bond donors (Lipinski definition) is 4. The monoisotopic (exact) mass is 477 g/mol. The van der Waals surface area contributed by atoms with Gasteiger partial charge in [-0.05, 0) is 48.1 Å². The molecule has 0 saturated carbocycles. The van der Waals surface area contributed by atoms with Crippen molar-refractivity contribution in [2.24, 2.45) is 5.16 Å². The number of ether oxygens (including phenoxy) is 1. The molecular formula is C25H32ClNO6. The highest BCUT2D eigenvalue weighted by molar-refractivity contribution is 6.31. The second-order valence-electron chi connectivity index (χ2n) is 8.18. The number of aliphatic hydroxyl groups is 4. The van der Waals surface area contributed by atoms with Gasteiger partial charge in [-0.15, -0.1) is 0 Å². The first-order valence-corrected chi connectivity index (χ1v) is 11.6. The van der Waals surface area contributed by atoms with Crippen molar-refractivity contribution >= 4 is 17.3 Å². The quantitative estimate of drug-likeness (QED) is 0.326. The van der Waals surface area contributed by atoms with E-state index in [1.807, 2.05) is 37.3 Å². The summed E-state index contributed by atoms with van der Waals surface area (Å²) < 4.78 is 5.68. The molecule has 1 fully saturated rings. The number of halogens is 1. The molecule has 4 N–H and O–H groups in total. The summed E-state index contributed by atoms with van der Waals surface area (Å²) >= 11 is 6.44. The second-order valence-corrected chi connectivity index (χ2v) is 8.59. The normalized spacial score (nSPS) is 25.8. The smallest absolute Gasteiger partial charge is 0.114 e. The van der Waals surface area contributed by atoms with Crippen LogP contribution < -0.4 is 0 Å². The molecule has 0 amide bonds. The summed E-state index contributed by atoms with van der Waals surface area (Å²) in [6.07, 6.45) is -3.67. The van der Waals surface area contributed by atoms with E-state index in [1.54, 1.807) is 12.1 Å². The molecule has 33 heavy (non-hydrogen) atoms. The van der Waals surface area contributed by atoms with E-state index in [1.165, 1.54) is 0 Å². The number of benzene rings is 2. The summed E-state index contributed by atoms with van der Waals surface area (Å²) in [5.74, 6) is 0. The van der Waals surface area contributed by atoms with Gasteiger partial charge < -0.3 is 30.0 Å². The van der Waals surface area contributed by atoms with E-state index in [0.29, 0.717) is 23.6 Å². The molecule has 2 aromatic rings. The SMILES string of the molecule is CCC/C(=N\OCC)c1ccc(Cc2cc([C@@H]3O[C@H](CO)[C@@H](O)[C@H](O)[C@H]3O)ccc2Cl)cc1. The first-order chi connectivity index (χ1) is 15.9. The van der Waals surface area contributed by atoms with Gasteiger partial charge in [-0.1, -0.05) is 66.5 Å². The summed E-state index contributed by atoms with van der Waals surface area (Å²) in [4.78, 5) is 5.24. The summed E-state index contributed by atoms with van der Waals surface area (Å²) in [7, 11) is 0. The Hall–Kier alpha value is -2.00. The molecule has 3 rings (SSSR count). The zero-order chi connectivity index (χ0) is 24.0. The lowest BCUT2D eigenvalue weighted by molar-refractivity contribution is -0.231. The predicted octanol–water partition coefficient (Wildman–Crippen LogP) is 2.99. The average molecular weight is 478 g/mol. The lowest BCUT2D eigenvalue weighted by atomic mass is 9.90. The van der Waals surface area contributed by atoms with Gasteiger partial charge in [0.2, 0.25) is 0 Å². The molecule has 1 aliphatic heterocycles. The van der Waals surface area contributed by atoms with Crippen LogP contribution in [0.5, 0.6) is 0 Å². The molecule has 0 aliphatic carbocycles. The minimum Gasteiger partial charge on any atom is -0.396 e. The first-order valence-electron chi connectivity index (χ1n) is 11.3. The lowest BCUT2D eigenvalue weighted by Crippen LogP contribution is -2.55. The van der Waals surface area contributed by atoms with Gasteiger partial charge in [0.15, 0.2) is 0 Å². The highest BCUT2D eigenvalue weighted by atomic mass is 35.5. The Balaban J connectivity index is 1.80. The van der Waals surface area contributed by atoms with Crippen LogP contribution in [0.25, 0.3) is 0 Å². The van der Waals surface area contributed by atoms with E-state index < -0.39 is 37.1 Å². The topological polar surface area (TPSA) is 112 Å². The molecule has 8 heteroatoms. The molecule has 1 saturated heterocycles. The van der Waals surface area contributed by atoms with Gasteiger partial charge in [-0.2, -0.15) is 0 Å². The van der Waals surface area contributed by atoms with Crippen LogP contribution in [0.15, 0.2) is 47.6 Å². The van der Waals surface area contributed by atoms with Crippen molar-refractivity contribution in [2.75, 3.05) is 13.2 Å². The average Bonchev–Trinajstić information content (AvgIpc) is 2.82. The Kier molecular flexibility index (Phi) is 9.26. The highest BCUT2D eigenvalue weighted by Crippen LogP contribution is 2.34. The van der Waals surface area contributed by atoms with Crippen LogP contribution in [0.1, 0.15) is 55.0 Å². The fourth-order valence-electron chi connectivity index (χ4n) is 3.94. The molecule has 7 nitrogen and oxygen atoms in total. The van der Waals surface area contributed by atoms with Crippen molar-refractivity contribution in [1.29, 1.82) is 0 Å². The van der Waals surface area contributed by atoms with Crippen molar-refractivity contribution in [1.82, 2.24) is 0 Å². The molecule has 1 heterocycles. The molecule has 5 atom stereocenters. The number of rotatable bonds is 9. The van der Waals surface area contributed by atoms with E-state index in [9.17, 15) is 20.4 Å². The zero-order valence-electron chi connectivity index (χ0n) is 18.9. The number of nitrogens with zero attached hydrogens (tertiary/aromatic N) is 1. The van der Waals surface area contributed by atoms with Crippen LogP contribution in [0, 0.1) is 0 Å². The maximum Gasteiger partial charge on any atom is 0.114 e. The van der Waals surface area contributed by atoms with E-state index in [-0.39, 0.29) is 0 Å². The Labute approximate surface area is 199 Å². The van der Waals surface area contributed by atoms with Gasteiger partial charge in [-0.3, -0.25) is 0 Å². The Morgan fingerprint density at radius 1 is 1.03 bits per heavy atom. The van der Waals surface area contributed by atoms with E-state index in [4.69, 9.17) is 21.2 Å². The minimum atomic E-state index is -1.43. The predicted molar refractivity (Wildman–Crippen MR) is 126 cm³/mol. The van der Waals surface area contributed by atoms with Crippen LogP contribution in [-0.2, 0) is 16.0 Å². The second kappa shape index (κ2) is 11.9. The van der Waals surface area contributed by atoms with E-state index in [0.717, 1.165) is 35.2 Å². The number of aliphatic hydroxyl groups excluding tert-OH is 4. The molecule has 180 valence electrons.